The normalized spacial score (nSPS) is 25.0. The van der Waals surface area contributed by atoms with Gasteiger partial charge in [0.15, 0.2) is 9.84 Å². The van der Waals surface area contributed by atoms with Crippen LogP contribution in [0.2, 0.25) is 0 Å². The van der Waals surface area contributed by atoms with Crippen LogP contribution in [0.15, 0.2) is 6.20 Å². The maximum Gasteiger partial charge on any atom is 0.226 e. The van der Waals surface area contributed by atoms with Crippen molar-refractivity contribution in [1.29, 1.82) is 0 Å². The van der Waals surface area contributed by atoms with Gasteiger partial charge in [-0.05, 0) is 20.3 Å². The number of carbonyl (C=O) groups excluding carboxylic acids is 1. The molecule has 2 atom stereocenters. The summed E-state index contributed by atoms with van der Waals surface area (Å²) in [6.07, 6.45) is 2.68. The average molecular weight is 363 g/mol. The van der Waals surface area contributed by atoms with E-state index in [1.165, 1.54) is 0 Å². The average Bonchev–Trinajstić information content (AvgIpc) is 3.16. The minimum Gasteiger partial charge on any atom is -0.311 e. The van der Waals surface area contributed by atoms with Crippen LogP contribution >= 0.6 is 0 Å². The molecule has 2 aliphatic rings. The van der Waals surface area contributed by atoms with Crippen LogP contribution in [0.4, 0.5) is 5.82 Å². The van der Waals surface area contributed by atoms with E-state index in [4.69, 9.17) is 0 Å². The Hall–Kier alpha value is -2.16. The summed E-state index contributed by atoms with van der Waals surface area (Å²) in [7, 11) is -1.15. The molecule has 2 aromatic rings. The van der Waals surface area contributed by atoms with E-state index < -0.39 is 9.84 Å². The largest absolute Gasteiger partial charge is 0.311 e. The van der Waals surface area contributed by atoms with Crippen LogP contribution < -0.4 is 5.32 Å². The first-order chi connectivity index (χ1) is 11.8. The highest BCUT2D eigenvalue weighted by Gasteiger charge is 2.38. The number of amides is 1. The first kappa shape index (κ1) is 16.3. The number of sulfone groups is 1. The van der Waals surface area contributed by atoms with Gasteiger partial charge in [-0.25, -0.2) is 13.1 Å². The highest BCUT2D eigenvalue weighted by molar-refractivity contribution is 7.91. The number of fused-ring (bicyclic) bond motifs is 1. The van der Waals surface area contributed by atoms with Crippen molar-refractivity contribution < 1.29 is 13.2 Å². The highest BCUT2D eigenvalue weighted by Crippen LogP contribution is 2.42. The fraction of sp³-hybridized carbons (Fsp3) is 0.562. The Balaban J connectivity index is 1.83. The first-order valence-electron chi connectivity index (χ1n) is 8.34. The number of nitrogens with one attached hydrogen (secondary N) is 1. The number of aromatic nitrogens is 4. The summed E-state index contributed by atoms with van der Waals surface area (Å²) in [6.45, 7) is 3.90. The second-order valence-electron chi connectivity index (χ2n) is 6.96. The molecule has 0 radical (unpaired) electrons. The lowest BCUT2D eigenvalue weighted by Gasteiger charge is -2.25. The number of rotatable bonds is 2. The van der Waals surface area contributed by atoms with Crippen molar-refractivity contribution in [3.8, 4) is 0 Å². The summed E-state index contributed by atoms with van der Waals surface area (Å²) in [5, 5.41) is 11.8. The van der Waals surface area contributed by atoms with Crippen molar-refractivity contribution >= 4 is 21.6 Å². The molecule has 25 heavy (non-hydrogen) atoms. The third kappa shape index (κ3) is 2.57. The molecule has 2 aromatic heterocycles. The predicted molar refractivity (Wildman–Crippen MR) is 92.3 cm³/mol. The maximum absolute atomic E-state index is 12.3. The van der Waals surface area contributed by atoms with E-state index in [2.05, 4.69) is 15.5 Å². The lowest BCUT2D eigenvalue weighted by Crippen LogP contribution is -2.26. The van der Waals surface area contributed by atoms with Gasteiger partial charge in [-0.3, -0.25) is 9.48 Å². The molecule has 1 amide bonds. The van der Waals surface area contributed by atoms with Gasteiger partial charge < -0.3 is 5.32 Å². The fourth-order valence-corrected chi connectivity index (χ4v) is 5.62. The van der Waals surface area contributed by atoms with Crippen molar-refractivity contribution in [2.75, 3.05) is 16.8 Å². The van der Waals surface area contributed by atoms with Crippen molar-refractivity contribution in [3.63, 3.8) is 0 Å². The van der Waals surface area contributed by atoms with Gasteiger partial charge in [-0.2, -0.15) is 10.2 Å². The number of hydrogen-bond acceptors (Lipinski definition) is 5. The number of anilines is 1. The zero-order chi connectivity index (χ0) is 17.9. The van der Waals surface area contributed by atoms with Gasteiger partial charge in [0.25, 0.3) is 0 Å². The molecular formula is C16H21N5O3S. The molecule has 0 aromatic carbocycles. The Kier molecular flexibility index (Phi) is 3.54. The fourth-order valence-electron chi connectivity index (χ4n) is 3.93. The zero-order valence-electron chi connectivity index (χ0n) is 14.5. The Morgan fingerprint density at radius 1 is 1.32 bits per heavy atom. The topological polar surface area (TPSA) is 98.9 Å². The van der Waals surface area contributed by atoms with E-state index >= 15 is 0 Å². The third-order valence-electron chi connectivity index (χ3n) is 5.33. The SMILES string of the molecule is Cc1nn(C2CCS(=O)(=O)C2)c2c1C(c1cnn(C)c1C)CC(=O)N2. The predicted octanol–water partition coefficient (Wildman–Crippen LogP) is 1.07. The third-order valence-corrected chi connectivity index (χ3v) is 7.08. The Labute approximate surface area is 146 Å². The smallest absolute Gasteiger partial charge is 0.226 e. The van der Waals surface area contributed by atoms with E-state index in [9.17, 15) is 13.2 Å². The summed E-state index contributed by atoms with van der Waals surface area (Å²) in [5.74, 6) is 0.702. The quantitative estimate of drug-likeness (QED) is 0.860. The van der Waals surface area contributed by atoms with E-state index in [1.807, 2.05) is 20.9 Å². The molecule has 1 saturated heterocycles. The van der Waals surface area contributed by atoms with Crippen molar-refractivity contribution in [2.45, 2.75) is 38.6 Å². The van der Waals surface area contributed by atoms with Crippen molar-refractivity contribution in [3.05, 3.63) is 28.7 Å². The van der Waals surface area contributed by atoms with Gasteiger partial charge >= 0.3 is 0 Å². The van der Waals surface area contributed by atoms with Crippen LogP contribution in [0, 0.1) is 13.8 Å². The maximum atomic E-state index is 12.3. The standard InChI is InChI=1S/C16H21N5O3S/c1-9-15-12(13-7-17-20(3)10(13)2)6-14(22)18-16(15)21(19-9)11-4-5-25(23,24)8-11/h7,11-12H,4-6,8H2,1-3H3,(H,18,22). The molecule has 0 bridgehead atoms. The van der Waals surface area contributed by atoms with Crippen LogP contribution in [0.1, 0.15) is 47.3 Å². The highest BCUT2D eigenvalue weighted by atomic mass is 32.2. The summed E-state index contributed by atoms with van der Waals surface area (Å²) in [5.41, 5.74) is 3.83. The molecular weight excluding hydrogens is 342 g/mol. The number of carbonyl (C=O) groups is 1. The second kappa shape index (κ2) is 5.42. The molecule has 2 unspecified atom stereocenters. The number of hydrogen-bond donors (Lipinski definition) is 1. The van der Waals surface area contributed by atoms with Crippen LogP contribution in [0.5, 0.6) is 0 Å². The molecule has 0 saturated carbocycles. The summed E-state index contributed by atoms with van der Waals surface area (Å²) < 4.78 is 27.2. The lowest BCUT2D eigenvalue weighted by atomic mass is 9.86. The van der Waals surface area contributed by atoms with Crippen LogP contribution in [0.25, 0.3) is 0 Å². The Bertz CT molecular complexity index is 972. The van der Waals surface area contributed by atoms with E-state index in [0.717, 1.165) is 22.5 Å². The van der Waals surface area contributed by atoms with Crippen molar-refractivity contribution in [1.82, 2.24) is 19.6 Å². The molecule has 134 valence electrons. The van der Waals surface area contributed by atoms with Crippen LogP contribution in [0.3, 0.4) is 0 Å². The van der Waals surface area contributed by atoms with Crippen molar-refractivity contribution in [2.24, 2.45) is 7.05 Å². The molecule has 0 spiro atoms. The molecule has 8 nitrogen and oxygen atoms in total. The van der Waals surface area contributed by atoms with E-state index in [0.29, 0.717) is 18.7 Å². The number of aryl methyl sites for hydroxylation is 2. The van der Waals surface area contributed by atoms with Crippen LogP contribution in [-0.2, 0) is 21.7 Å². The van der Waals surface area contributed by atoms with Gasteiger partial charge in [-0.1, -0.05) is 0 Å². The van der Waals surface area contributed by atoms with Gasteiger partial charge in [0.2, 0.25) is 5.91 Å². The minimum atomic E-state index is -3.03. The Morgan fingerprint density at radius 3 is 2.68 bits per heavy atom. The molecule has 1 N–H and O–H groups in total. The second-order valence-corrected chi connectivity index (χ2v) is 9.19. The first-order valence-corrected chi connectivity index (χ1v) is 10.2. The Morgan fingerprint density at radius 2 is 2.08 bits per heavy atom. The molecule has 2 aliphatic heterocycles. The summed E-state index contributed by atoms with van der Waals surface area (Å²) in [6, 6.07) is -0.221. The molecule has 4 rings (SSSR count). The van der Waals surface area contributed by atoms with Gasteiger partial charge in [0.1, 0.15) is 5.82 Å². The monoisotopic (exact) mass is 363 g/mol. The molecule has 4 heterocycles. The summed E-state index contributed by atoms with van der Waals surface area (Å²) >= 11 is 0. The van der Waals surface area contributed by atoms with E-state index in [1.54, 1.807) is 15.6 Å². The minimum absolute atomic E-state index is 0.0764. The lowest BCUT2D eigenvalue weighted by molar-refractivity contribution is -0.116. The molecule has 9 heteroatoms. The van der Waals surface area contributed by atoms with Gasteiger partial charge in [-0.15, -0.1) is 0 Å². The summed E-state index contributed by atoms with van der Waals surface area (Å²) in [4.78, 5) is 12.3. The zero-order valence-corrected chi connectivity index (χ0v) is 15.3. The van der Waals surface area contributed by atoms with Gasteiger partial charge in [0, 0.05) is 36.2 Å². The van der Waals surface area contributed by atoms with Crippen LogP contribution in [-0.4, -0.2) is 45.4 Å². The van der Waals surface area contributed by atoms with E-state index in [-0.39, 0.29) is 29.4 Å². The number of nitrogens with zero attached hydrogens (tertiary/aromatic N) is 4. The van der Waals surface area contributed by atoms with Gasteiger partial charge in [0.05, 0.1) is 29.4 Å². The molecule has 1 fully saturated rings. The molecule has 0 aliphatic carbocycles.